The molecule has 4 rings (SSSR count). The second-order valence-corrected chi connectivity index (χ2v) is 16.0. The van der Waals surface area contributed by atoms with Crippen molar-refractivity contribution in [3.8, 4) is 17.2 Å². The van der Waals surface area contributed by atoms with Crippen LogP contribution in [-0.4, -0.2) is 29.7 Å². The van der Waals surface area contributed by atoms with E-state index in [2.05, 4.69) is 27.7 Å². The molecule has 44 heavy (non-hydrogen) atoms. The van der Waals surface area contributed by atoms with E-state index in [0.717, 1.165) is 16.7 Å². The van der Waals surface area contributed by atoms with Gasteiger partial charge in [0.2, 0.25) is 0 Å². The maximum absolute atomic E-state index is 14.8. The van der Waals surface area contributed by atoms with Crippen molar-refractivity contribution in [1.82, 2.24) is 0 Å². The molecule has 0 amide bonds. The van der Waals surface area contributed by atoms with Crippen LogP contribution in [0.15, 0.2) is 105 Å². The van der Waals surface area contributed by atoms with Crippen molar-refractivity contribution in [3.05, 3.63) is 102 Å². The third-order valence-corrected chi connectivity index (χ3v) is 12.9. The number of ether oxygens (including phenoxy) is 3. The fraction of sp³-hybridized carbons (Fsp3) is 0.333. The molecular weight excluding hydrogens is 593 g/mol. The van der Waals surface area contributed by atoms with Gasteiger partial charge in [0.05, 0.1) is 26.2 Å². The fourth-order valence-electron chi connectivity index (χ4n) is 5.59. The van der Waals surface area contributed by atoms with E-state index in [1.54, 1.807) is 27.4 Å². The SMILES string of the molecule is COc1ccc(S(OS(=O)(=O)c2ccc(C(C)C)c(C(C)C)c2C(C)C)(c2ccc(OC)cc2)c2ccc(OC)cc2)cc1. The van der Waals surface area contributed by atoms with E-state index in [4.69, 9.17) is 17.8 Å². The highest BCUT2D eigenvalue weighted by Crippen LogP contribution is 2.70. The van der Waals surface area contributed by atoms with Gasteiger partial charge in [-0.05, 0) is 124 Å². The Balaban J connectivity index is 2.08. The van der Waals surface area contributed by atoms with Crippen molar-refractivity contribution < 1.29 is 26.3 Å². The molecule has 8 heteroatoms. The molecule has 0 aliphatic heterocycles. The van der Waals surface area contributed by atoms with E-state index in [1.807, 2.05) is 92.7 Å². The molecule has 0 atom stereocenters. The molecule has 0 radical (unpaired) electrons. The topological polar surface area (TPSA) is 71.1 Å². The van der Waals surface area contributed by atoms with Gasteiger partial charge < -0.3 is 14.2 Å². The minimum absolute atomic E-state index is 0.0492. The average Bonchev–Trinajstić information content (AvgIpc) is 3.03. The van der Waals surface area contributed by atoms with Gasteiger partial charge in [-0.3, -0.25) is 0 Å². The Labute approximate surface area is 265 Å². The second-order valence-electron chi connectivity index (χ2n) is 11.5. The Kier molecular flexibility index (Phi) is 10.4. The zero-order valence-corrected chi connectivity index (χ0v) is 28.7. The van der Waals surface area contributed by atoms with E-state index in [0.29, 0.717) is 31.9 Å². The first-order valence-corrected chi connectivity index (χ1v) is 17.7. The highest BCUT2D eigenvalue weighted by atomic mass is 32.3. The van der Waals surface area contributed by atoms with Crippen LogP contribution in [0.5, 0.6) is 17.2 Å². The molecule has 0 aliphatic carbocycles. The van der Waals surface area contributed by atoms with Crippen LogP contribution in [0.4, 0.5) is 0 Å². The molecule has 4 aromatic carbocycles. The number of rotatable bonds is 12. The molecule has 0 aromatic heterocycles. The van der Waals surface area contributed by atoms with Crippen LogP contribution in [-0.2, 0) is 13.7 Å². The van der Waals surface area contributed by atoms with Gasteiger partial charge in [-0.1, -0.05) is 47.6 Å². The summed E-state index contributed by atoms with van der Waals surface area (Å²) in [5.74, 6) is 2.28. The van der Waals surface area contributed by atoms with Crippen LogP contribution >= 0.6 is 10.3 Å². The van der Waals surface area contributed by atoms with Crippen molar-refractivity contribution >= 4 is 20.4 Å². The van der Waals surface area contributed by atoms with Crippen molar-refractivity contribution in [2.24, 2.45) is 0 Å². The molecule has 6 nitrogen and oxygen atoms in total. The third kappa shape index (κ3) is 6.48. The van der Waals surface area contributed by atoms with E-state index in [-0.39, 0.29) is 22.6 Å². The van der Waals surface area contributed by atoms with Gasteiger partial charge >= 0.3 is 10.1 Å². The van der Waals surface area contributed by atoms with Crippen LogP contribution in [0.2, 0.25) is 0 Å². The van der Waals surface area contributed by atoms with Crippen molar-refractivity contribution in [1.29, 1.82) is 0 Å². The van der Waals surface area contributed by atoms with Crippen molar-refractivity contribution in [3.63, 3.8) is 0 Å². The molecule has 0 unspecified atom stereocenters. The Bertz CT molecular complexity index is 1540. The monoisotopic (exact) mass is 636 g/mol. The number of hydrogen-bond donors (Lipinski definition) is 0. The predicted molar refractivity (Wildman–Crippen MR) is 178 cm³/mol. The molecule has 0 fully saturated rings. The first-order valence-electron chi connectivity index (χ1n) is 14.8. The van der Waals surface area contributed by atoms with Crippen molar-refractivity contribution in [2.45, 2.75) is 78.9 Å². The van der Waals surface area contributed by atoms with Gasteiger partial charge in [0.1, 0.15) is 17.2 Å². The Morgan fingerprint density at radius 3 is 1.14 bits per heavy atom. The van der Waals surface area contributed by atoms with Gasteiger partial charge in [0, 0.05) is 14.7 Å². The molecule has 0 aliphatic rings. The maximum atomic E-state index is 14.8. The number of benzene rings is 4. The molecule has 4 aromatic rings. The predicted octanol–water partition coefficient (Wildman–Crippen LogP) is 9.68. The van der Waals surface area contributed by atoms with E-state index in [9.17, 15) is 8.42 Å². The lowest BCUT2D eigenvalue weighted by molar-refractivity contribution is 0.414. The normalized spacial score (nSPS) is 12.5. The lowest BCUT2D eigenvalue weighted by atomic mass is 9.83. The quantitative estimate of drug-likeness (QED) is 0.154. The zero-order valence-electron chi connectivity index (χ0n) is 27.1. The maximum Gasteiger partial charge on any atom is 0.307 e. The first kappa shape index (κ1) is 33.4. The van der Waals surface area contributed by atoms with Gasteiger partial charge in [0.25, 0.3) is 0 Å². The zero-order chi connectivity index (χ0) is 32.2. The molecule has 0 bridgehead atoms. The summed E-state index contributed by atoms with van der Waals surface area (Å²) in [7, 11) is -2.41. The summed E-state index contributed by atoms with van der Waals surface area (Å²) in [4.78, 5) is 2.30. The summed E-state index contributed by atoms with van der Waals surface area (Å²) < 4.78 is 52.8. The minimum atomic E-state index is -4.34. The second kappa shape index (κ2) is 13.7. The average molecular weight is 637 g/mol. The van der Waals surface area contributed by atoms with Crippen LogP contribution in [0.3, 0.4) is 0 Å². The molecule has 0 saturated heterocycles. The van der Waals surface area contributed by atoms with E-state index in [1.165, 1.54) is 0 Å². The van der Waals surface area contributed by atoms with Crippen LogP contribution in [0.1, 0.15) is 76.0 Å². The third-order valence-electron chi connectivity index (χ3n) is 7.69. The fourth-order valence-corrected chi connectivity index (χ4v) is 11.1. The Morgan fingerprint density at radius 1 is 0.477 bits per heavy atom. The molecule has 0 saturated carbocycles. The lowest BCUT2D eigenvalue weighted by Gasteiger charge is -2.40. The number of hydrogen-bond acceptors (Lipinski definition) is 6. The molecule has 236 valence electrons. The smallest absolute Gasteiger partial charge is 0.307 e. The standard InChI is InChI=1S/C36H44O6S2/c1-24(2)33-22-23-34(36(26(5)6)35(33)25(3)4)44(37,38)42-43(30-16-10-27(39-7)11-17-30,31-18-12-28(40-8)13-19-31)32-20-14-29(41-9)15-21-32/h10-26H,1-9H3. The summed E-state index contributed by atoms with van der Waals surface area (Å²) >= 11 is 0. The lowest BCUT2D eigenvalue weighted by Crippen LogP contribution is -2.18. The van der Waals surface area contributed by atoms with Gasteiger partial charge in [-0.2, -0.15) is 8.42 Å². The van der Waals surface area contributed by atoms with Gasteiger partial charge in [-0.15, -0.1) is 0 Å². The molecule has 0 heterocycles. The minimum Gasteiger partial charge on any atom is -0.497 e. The van der Waals surface area contributed by atoms with E-state index >= 15 is 0 Å². The highest BCUT2D eigenvalue weighted by molar-refractivity contribution is 8.33. The summed E-state index contributed by atoms with van der Waals surface area (Å²) in [5, 5.41) is 0. The Hall–Kier alpha value is -3.46. The van der Waals surface area contributed by atoms with Crippen LogP contribution in [0.25, 0.3) is 0 Å². The summed E-state index contributed by atoms with van der Waals surface area (Å²) in [6, 6.07) is 25.9. The van der Waals surface area contributed by atoms with Crippen molar-refractivity contribution in [2.75, 3.05) is 21.3 Å². The highest BCUT2D eigenvalue weighted by Gasteiger charge is 2.40. The van der Waals surface area contributed by atoms with E-state index < -0.39 is 20.4 Å². The number of methoxy groups -OCH3 is 3. The summed E-state index contributed by atoms with van der Waals surface area (Å²) in [5.41, 5.74) is 3.03. The largest absolute Gasteiger partial charge is 0.497 e. The summed E-state index contributed by atoms with van der Waals surface area (Å²) in [6.07, 6.45) is 0. The van der Waals surface area contributed by atoms with Crippen LogP contribution in [0, 0.1) is 0 Å². The van der Waals surface area contributed by atoms with Gasteiger partial charge in [0.15, 0.2) is 0 Å². The molecule has 0 spiro atoms. The first-order chi connectivity index (χ1) is 20.9. The Morgan fingerprint density at radius 2 is 0.841 bits per heavy atom. The summed E-state index contributed by atoms with van der Waals surface area (Å²) in [6.45, 7) is 12.6. The molecular formula is C36H44O6S2. The molecule has 0 N–H and O–H groups in total. The van der Waals surface area contributed by atoms with Crippen LogP contribution < -0.4 is 14.2 Å². The van der Waals surface area contributed by atoms with Gasteiger partial charge in [-0.25, -0.2) is 3.63 Å².